The van der Waals surface area contributed by atoms with E-state index in [1.807, 2.05) is 22.7 Å². The van der Waals surface area contributed by atoms with Gasteiger partial charge in [0, 0.05) is 19.2 Å². The number of fused-ring (bicyclic) bond motifs is 2. The second kappa shape index (κ2) is 12.7. The Hall–Kier alpha value is -1.64. The number of hydrogen-bond acceptors (Lipinski definition) is 2. The van der Waals surface area contributed by atoms with Crippen molar-refractivity contribution in [2.75, 3.05) is 0 Å². The van der Waals surface area contributed by atoms with Crippen LogP contribution in [-0.2, 0) is 0 Å². The average Bonchev–Trinajstić information content (AvgIpc) is 3.46. The van der Waals surface area contributed by atoms with E-state index in [0.29, 0.717) is 11.8 Å². The fourth-order valence-corrected chi connectivity index (χ4v) is 8.50. The van der Waals surface area contributed by atoms with Crippen molar-refractivity contribution in [1.82, 2.24) is 0 Å². The number of benzene rings is 2. The Balaban J connectivity index is 1.66. The minimum Gasteiger partial charge on any atom is -0.140 e. The Morgan fingerprint density at radius 2 is 0.972 bits per heavy atom. The molecule has 2 heteroatoms. The summed E-state index contributed by atoms with van der Waals surface area (Å²) in [7, 11) is 0. The largest absolute Gasteiger partial charge is 0.140 e. The van der Waals surface area contributed by atoms with Gasteiger partial charge in [0.1, 0.15) is 0 Å². The summed E-state index contributed by atoms with van der Waals surface area (Å²) >= 11 is 4.06. The average molecular weight is 519 g/mol. The van der Waals surface area contributed by atoms with Crippen molar-refractivity contribution in [3.63, 3.8) is 0 Å². The molecule has 0 N–H and O–H groups in total. The summed E-state index contributed by atoms with van der Waals surface area (Å²) in [5, 5.41) is 2.86. The zero-order valence-corrected chi connectivity index (χ0v) is 25.1. The predicted molar refractivity (Wildman–Crippen MR) is 166 cm³/mol. The maximum absolute atomic E-state index is 2.50. The highest BCUT2D eigenvalue weighted by molar-refractivity contribution is 7.19. The molecule has 2 unspecified atom stereocenters. The number of hydrogen-bond donors (Lipinski definition) is 0. The Morgan fingerprint density at radius 1 is 0.556 bits per heavy atom. The lowest BCUT2D eigenvalue weighted by molar-refractivity contribution is 0.560. The van der Waals surface area contributed by atoms with E-state index in [4.69, 9.17) is 0 Å². The van der Waals surface area contributed by atoms with E-state index in [1.165, 1.54) is 107 Å². The van der Waals surface area contributed by atoms with E-state index in [-0.39, 0.29) is 0 Å². The van der Waals surface area contributed by atoms with Crippen molar-refractivity contribution in [2.45, 2.75) is 118 Å². The van der Waals surface area contributed by atoms with E-state index in [1.54, 1.807) is 9.75 Å². The third kappa shape index (κ3) is 6.08. The molecule has 0 bridgehead atoms. The molecule has 2 aromatic carbocycles. The zero-order chi connectivity index (χ0) is 25.7. The summed E-state index contributed by atoms with van der Waals surface area (Å²) in [6.07, 6.45) is 13.2. The second-order valence-electron chi connectivity index (χ2n) is 10.9. The molecule has 2 aromatic heterocycles. The third-order valence-electron chi connectivity index (χ3n) is 8.16. The molecule has 0 spiro atoms. The smallest absolute Gasteiger partial charge is 0.0348 e. The first-order valence-corrected chi connectivity index (χ1v) is 16.2. The lowest BCUT2D eigenvalue weighted by atomic mass is 9.93. The summed E-state index contributed by atoms with van der Waals surface area (Å²) in [5.41, 5.74) is 5.62. The molecule has 2 heterocycles. The standard InChI is InChI=1S/C34H46S2/c1-7-11-13-15-25(9-3)33-21-27-19-29(23(5)17-31(27)35-33)30-20-28-22-34(36-32(28)18-24(30)6)26(10-4)16-14-12-8-2/h17-22,25-26H,7-16H2,1-6H3. The lowest BCUT2D eigenvalue weighted by Crippen LogP contribution is -1.94. The van der Waals surface area contributed by atoms with Gasteiger partial charge in [-0.1, -0.05) is 66.2 Å². The van der Waals surface area contributed by atoms with E-state index in [9.17, 15) is 0 Å². The van der Waals surface area contributed by atoms with Crippen LogP contribution < -0.4 is 0 Å². The molecule has 0 aliphatic rings. The van der Waals surface area contributed by atoms with Gasteiger partial charge in [0.25, 0.3) is 0 Å². The first kappa shape index (κ1) is 27.4. The molecule has 2 atom stereocenters. The Bertz CT molecular complexity index is 1170. The Kier molecular flexibility index (Phi) is 9.70. The van der Waals surface area contributed by atoms with Crippen LogP contribution in [0.15, 0.2) is 36.4 Å². The maximum atomic E-state index is 2.50. The van der Waals surface area contributed by atoms with Crippen molar-refractivity contribution >= 4 is 42.8 Å². The predicted octanol–water partition coefficient (Wildman–Crippen LogP) is 12.5. The van der Waals surface area contributed by atoms with Gasteiger partial charge in [-0.3, -0.25) is 0 Å². The van der Waals surface area contributed by atoms with Crippen LogP contribution in [0.25, 0.3) is 31.3 Å². The molecule has 0 fully saturated rings. The molecular weight excluding hydrogens is 473 g/mol. The zero-order valence-electron chi connectivity index (χ0n) is 23.5. The molecular formula is C34H46S2. The highest BCUT2D eigenvalue weighted by Gasteiger charge is 2.17. The molecule has 0 radical (unpaired) electrons. The van der Waals surface area contributed by atoms with Crippen LogP contribution in [-0.4, -0.2) is 0 Å². The SMILES string of the molecule is CCCCCC(CC)c1cc2cc(-c3cc4cc(C(CC)CCCCC)sc4cc3C)c(C)cc2s1. The summed E-state index contributed by atoms with van der Waals surface area (Å²) < 4.78 is 2.91. The van der Waals surface area contributed by atoms with Crippen LogP contribution in [0.5, 0.6) is 0 Å². The minimum atomic E-state index is 0.712. The van der Waals surface area contributed by atoms with Gasteiger partial charge in [0.2, 0.25) is 0 Å². The highest BCUT2D eigenvalue weighted by Crippen LogP contribution is 2.42. The van der Waals surface area contributed by atoms with Crippen molar-refractivity contribution in [3.05, 3.63) is 57.3 Å². The Labute approximate surface area is 228 Å². The molecule has 0 nitrogen and oxygen atoms in total. The van der Waals surface area contributed by atoms with Crippen molar-refractivity contribution < 1.29 is 0 Å². The quantitative estimate of drug-likeness (QED) is 0.154. The summed E-state index contributed by atoms with van der Waals surface area (Å²) in [6.45, 7) is 13.9. The maximum Gasteiger partial charge on any atom is 0.0348 e. The van der Waals surface area contributed by atoms with Gasteiger partial charge >= 0.3 is 0 Å². The molecule has 0 saturated carbocycles. The van der Waals surface area contributed by atoms with Crippen molar-refractivity contribution in [1.29, 1.82) is 0 Å². The van der Waals surface area contributed by atoms with E-state index >= 15 is 0 Å². The molecule has 0 amide bonds. The van der Waals surface area contributed by atoms with Crippen LogP contribution in [0.4, 0.5) is 0 Å². The van der Waals surface area contributed by atoms with Crippen LogP contribution in [0.2, 0.25) is 0 Å². The molecule has 0 aliphatic heterocycles. The van der Waals surface area contributed by atoms with Crippen LogP contribution in [0.3, 0.4) is 0 Å². The minimum absolute atomic E-state index is 0.712. The first-order chi connectivity index (χ1) is 17.5. The molecule has 4 aromatic rings. The molecule has 4 rings (SSSR count). The normalized spacial score (nSPS) is 13.6. The molecule has 36 heavy (non-hydrogen) atoms. The monoisotopic (exact) mass is 518 g/mol. The fraction of sp³-hybridized carbons (Fsp3) is 0.529. The third-order valence-corrected chi connectivity index (χ3v) is 10.7. The summed E-state index contributed by atoms with van der Waals surface area (Å²) in [6, 6.07) is 14.8. The molecule has 194 valence electrons. The van der Waals surface area contributed by atoms with Crippen molar-refractivity contribution in [3.8, 4) is 11.1 Å². The van der Waals surface area contributed by atoms with E-state index < -0.39 is 0 Å². The molecule has 0 aliphatic carbocycles. The van der Waals surface area contributed by atoms with Gasteiger partial charge in [0.05, 0.1) is 0 Å². The van der Waals surface area contributed by atoms with Gasteiger partial charge in [-0.25, -0.2) is 0 Å². The summed E-state index contributed by atoms with van der Waals surface area (Å²) in [5.74, 6) is 1.42. The van der Waals surface area contributed by atoms with Crippen molar-refractivity contribution in [2.24, 2.45) is 0 Å². The second-order valence-corrected chi connectivity index (χ2v) is 13.1. The number of thiophene rings is 2. The van der Waals surface area contributed by atoms with Crippen LogP contribution in [0, 0.1) is 13.8 Å². The van der Waals surface area contributed by atoms with Gasteiger partial charge in [-0.05, 0) is 121 Å². The number of rotatable bonds is 13. The first-order valence-electron chi connectivity index (χ1n) is 14.6. The van der Waals surface area contributed by atoms with Crippen LogP contribution in [0.1, 0.15) is 125 Å². The van der Waals surface area contributed by atoms with Gasteiger partial charge < -0.3 is 0 Å². The highest BCUT2D eigenvalue weighted by atomic mass is 32.1. The van der Waals surface area contributed by atoms with E-state index in [2.05, 4.69) is 77.9 Å². The number of unbranched alkanes of at least 4 members (excludes halogenated alkanes) is 4. The fourth-order valence-electron chi connectivity index (χ4n) is 5.78. The molecule has 0 saturated heterocycles. The summed E-state index contributed by atoms with van der Waals surface area (Å²) in [4.78, 5) is 3.17. The Morgan fingerprint density at radius 3 is 1.33 bits per heavy atom. The van der Waals surface area contributed by atoms with Crippen LogP contribution >= 0.6 is 22.7 Å². The lowest BCUT2D eigenvalue weighted by Gasteiger charge is -2.12. The topological polar surface area (TPSA) is 0 Å². The number of aryl methyl sites for hydroxylation is 2. The van der Waals surface area contributed by atoms with Gasteiger partial charge in [-0.15, -0.1) is 22.7 Å². The van der Waals surface area contributed by atoms with Gasteiger partial charge in [-0.2, -0.15) is 0 Å². The van der Waals surface area contributed by atoms with Gasteiger partial charge in [0.15, 0.2) is 0 Å². The van der Waals surface area contributed by atoms with E-state index in [0.717, 1.165) is 0 Å².